The lowest BCUT2D eigenvalue weighted by Gasteiger charge is -2.31. The molecule has 0 N–H and O–H groups in total. The second-order valence-electron chi connectivity index (χ2n) is 8.95. The van der Waals surface area contributed by atoms with E-state index in [4.69, 9.17) is 9.47 Å². The van der Waals surface area contributed by atoms with Crippen LogP contribution in [0.25, 0.3) is 11.0 Å². The molecule has 3 aliphatic rings. The first kappa shape index (κ1) is 20.2. The number of carbonyl (C=O) groups excluding carboxylic acids is 1. The number of amides is 1. The Balaban J connectivity index is 1.23. The molecule has 0 saturated carbocycles. The molecule has 6 rings (SSSR count). The van der Waals surface area contributed by atoms with Crippen LogP contribution in [0.15, 0.2) is 41.5 Å². The molecule has 2 atom stereocenters. The van der Waals surface area contributed by atoms with Gasteiger partial charge >= 0.3 is 0 Å². The molecule has 2 aromatic heterocycles. The van der Waals surface area contributed by atoms with Gasteiger partial charge in [-0.2, -0.15) is 0 Å². The van der Waals surface area contributed by atoms with Crippen molar-refractivity contribution in [1.29, 1.82) is 0 Å². The predicted octanol–water partition coefficient (Wildman–Crippen LogP) is 1.70. The molecule has 170 valence electrons. The zero-order valence-electron chi connectivity index (χ0n) is 18.4. The topological polar surface area (TPSA) is 89.8 Å². The molecule has 1 amide bonds. The molecule has 2 bridgehead atoms. The van der Waals surface area contributed by atoms with Gasteiger partial charge in [-0.25, -0.2) is 4.98 Å². The van der Waals surface area contributed by atoms with E-state index in [1.165, 1.54) is 6.20 Å². The third-order valence-electron chi connectivity index (χ3n) is 6.84. The number of fused-ring (bicyclic) bond motifs is 4. The van der Waals surface area contributed by atoms with Gasteiger partial charge in [0.05, 0.1) is 48.4 Å². The summed E-state index contributed by atoms with van der Waals surface area (Å²) in [4.78, 5) is 38.9. The summed E-state index contributed by atoms with van der Waals surface area (Å²) in [6.45, 7) is 4.61. The van der Waals surface area contributed by atoms with E-state index in [0.29, 0.717) is 37.9 Å². The number of pyridine rings is 1. The summed E-state index contributed by atoms with van der Waals surface area (Å²) >= 11 is 0. The van der Waals surface area contributed by atoms with E-state index in [-0.39, 0.29) is 23.6 Å². The molecular weight excluding hydrogens is 422 g/mol. The lowest BCUT2D eigenvalue weighted by Crippen LogP contribution is -2.44. The SMILES string of the molecule is Cc1ccc2ncc(=O)n(CN3CCC4CC3C(=O)N4Cc3cc4c(cn3)OCCO4)c2c1. The van der Waals surface area contributed by atoms with Crippen molar-refractivity contribution in [2.45, 2.75) is 45.1 Å². The second-order valence-corrected chi connectivity index (χ2v) is 8.95. The summed E-state index contributed by atoms with van der Waals surface area (Å²) in [7, 11) is 0. The number of ether oxygens (including phenoxy) is 2. The van der Waals surface area contributed by atoms with E-state index in [0.717, 1.165) is 41.7 Å². The maximum absolute atomic E-state index is 13.4. The Hall–Kier alpha value is -3.46. The molecule has 5 heterocycles. The summed E-state index contributed by atoms with van der Waals surface area (Å²) in [5, 5.41) is 0. The molecule has 0 radical (unpaired) electrons. The van der Waals surface area contributed by atoms with Crippen LogP contribution in [0.5, 0.6) is 11.5 Å². The molecule has 3 aromatic rings. The summed E-state index contributed by atoms with van der Waals surface area (Å²) in [6.07, 6.45) is 4.66. The minimum atomic E-state index is -0.235. The molecule has 2 fully saturated rings. The molecule has 1 aromatic carbocycles. The third kappa shape index (κ3) is 3.52. The van der Waals surface area contributed by atoms with Gasteiger partial charge < -0.3 is 14.4 Å². The average molecular weight is 447 g/mol. The number of carbonyl (C=O) groups is 1. The molecule has 2 unspecified atom stereocenters. The van der Waals surface area contributed by atoms with Gasteiger partial charge in [-0.3, -0.25) is 24.0 Å². The average Bonchev–Trinajstić information content (AvgIpc) is 3.07. The number of likely N-dealkylation sites (tertiary alicyclic amines) is 2. The second kappa shape index (κ2) is 7.84. The number of aromatic nitrogens is 3. The van der Waals surface area contributed by atoms with Crippen LogP contribution in [0.2, 0.25) is 0 Å². The largest absolute Gasteiger partial charge is 0.486 e. The van der Waals surface area contributed by atoms with E-state index in [2.05, 4.69) is 14.9 Å². The number of nitrogens with zero attached hydrogens (tertiary/aromatic N) is 5. The van der Waals surface area contributed by atoms with E-state index < -0.39 is 0 Å². The summed E-state index contributed by atoms with van der Waals surface area (Å²) in [6, 6.07) is 7.71. The van der Waals surface area contributed by atoms with Crippen molar-refractivity contribution in [2.75, 3.05) is 19.8 Å². The summed E-state index contributed by atoms with van der Waals surface area (Å²) in [5.41, 5.74) is 3.28. The quantitative estimate of drug-likeness (QED) is 0.601. The lowest BCUT2D eigenvalue weighted by molar-refractivity contribution is -0.132. The maximum atomic E-state index is 13.4. The Morgan fingerprint density at radius 3 is 2.79 bits per heavy atom. The Morgan fingerprint density at radius 1 is 1.06 bits per heavy atom. The molecule has 0 spiro atoms. The third-order valence-corrected chi connectivity index (χ3v) is 6.84. The normalized spacial score (nSPS) is 22.2. The number of hydrogen-bond donors (Lipinski definition) is 0. The van der Waals surface area contributed by atoms with Crippen molar-refractivity contribution in [3.63, 3.8) is 0 Å². The molecule has 33 heavy (non-hydrogen) atoms. The molecular formula is C24H25N5O4. The van der Waals surface area contributed by atoms with Crippen molar-refractivity contribution in [3.05, 3.63) is 58.3 Å². The Labute approximate surface area is 190 Å². The molecule has 0 aliphatic carbocycles. The van der Waals surface area contributed by atoms with Gasteiger partial charge in [0.15, 0.2) is 11.5 Å². The smallest absolute Gasteiger partial charge is 0.270 e. The number of rotatable bonds is 4. The van der Waals surface area contributed by atoms with Crippen LogP contribution in [0.4, 0.5) is 0 Å². The first-order valence-electron chi connectivity index (χ1n) is 11.3. The fourth-order valence-corrected chi connectivity index (χ4v) is 5.13. The van der Waals surface area contributed by atoms with Crippen LogP contribution in [-0.2, 0) is 18.0 Å². The zero-order chi connectivity index (χ0) is 22.5. The molecule has 2 saturated heterocycles. The van der Waals surface area contributed by atoms with E-state index in [1.54, 1.807) is 10.8 Å². The number of benzene rings is 1. The van der Waals surface area contributed by atoms with Crippen molar-refractivity contribution < 1.29 is 14.3 Å². The van der Waals surface area contributed by atoms with Crippen LogP contribution in [0.3, 0.4) is 0 Å². The highest BCUT2D eigenvalue weighted by atomic mass is 16.6. The maximum Gasteiger partial charge on any atom is 0.270 e. The highest BCUT2D eigenvalue weighted by Crippen LogP contribution is 2.34. The Kier molecular flexibility index (Phi) is 4.79. The summed E-state index contributed by atoms with van der Waals surface area (Å²) < 4.78 is 12.9. The molecule has 9 heteroatoms. The van der Waals surface area contributed by atoms with Crippen LogP contribution in [0, 0.1) is 6.92 Å². The van der Waals surface area contributed by atoms with Crippen molar-refractivity contribution in [3.8, 4) is 11.5 Å². The first-order valence-corrected chi connectivity index (χ1v) is 11.3. The van der Waals surface area contributed by atoms with Gasteiger partial charge in [0.25, 0.3) is 5.56 Å². The van der Waals surface area contributed by atoms with Crippen LogP contribution >= 0.6 is 0 Å². The van der Waals surface area contributed by atoms with Gasteiger partial charge in [-0.1, -0.05) is 6.07 Å². The monoisotopic (exact) mass is 447 g/mol. The number of hydrogen-bond acceptors (Lipinski definition) is 7. The Bertz CT molecular complexity index is 1310. The van der Waals surface area contributed by atoms with Crippen molar-refractivity contribution in [1.82, 2.24) is 24.3 Å². The van der Waals surface area contributed by atoms with Crippen LogP contribution < -0.4 is 15.0 Å². The van der Waals surface area contributed by atoms with Crippen LogP contribution in [-0.4, -0.2) is 62.1 Å². The lowest BCUT2D eigenvalue weighted by atomic mass is 10.0. The van der Waals surface area contributed by atoms with Crippen molar-refractivity contribution in [2.24, 2.45) is 0 Å². The predicted molar refractivity (Wildman–Crippen MR) is 120 cm³/mol. The van der Waals surface area contributed by atoms with E-state index in [9.17, 15) is 9.59 Å². The van der Waals surface area contributed by atoms with Gasteiger partial charge in [-0.15, -0.1) is 0 Å². The van der Waals surface area contributed by atoms with Gasteiger partial charge in [0.1, 0.15) is 13.2 Å². The standard InChI is InChI=1S/C24H25N5O4/c1-15-2-3-18-19(8-15)29(23(30)12-26-18)14-27-5-4-17-10-20(27)24(31)28(17)13-16-9-21-22(11-25-16)33-7-6-32-21/h2-3,8-9,11-12,17,20H,4-7,10,13-14H2,1H3. The minimum absolute atomic E-state index is 0.0942. The fourth-order valence-electron chi connectivity index (χ4n) is 5.13. The van der Waals surface area contributed by atoms with E-state index in [1.807, 2.05) is 36.1 Å². The minimum Gasteiger partial charge on any atom is -0.486 e. The van der Waals surface area contributed by atoms with E-state index >= 15 is 0 Å². The highest BCUT2D eigenvalue weighted by Gasteiger charge is 2.46. The van der Waals surface area contributed by atoms with Crippen LogP contribution in [0.1, 0.15) is 24.1 Å². The fraction of sp³-hybridized carbons (Fsp3) is 0.417. The number of piperidine rings is 1. The molecule has 9 nitrogen and oxygen atoms in total. The van der Waals surface area contributed by atoms with Gasteiger partial charge in [0.2, 0.25) is 5.91 Å². The molecule has 3 aliphatic heterocycles. The first-order chi connectivity index (χ1) is 16.1. The van der Waals surface area contributed by atoms with Gasteiger partial charge in [0, 0.05) is 18.7 Å². The van der Waals surface area contributed by atoms with Gasteiger partial charge in [-0.05, 0) is 37.5 Å². The zero-order valence-corrected chi connectivity index (χ0v) is 18.4. The summed E-state index contributed by atoms with van der Waals surface area (Å²) in [5.74, 6) is 1.42. The Morgan fingerprint density at radius 2 is 1.91 bits per heavy atom. The highest BCUT2D eigenvalue weighted by molar-refractivity contribution is 5.85. The number of aryl methyl sites for hydroxylation is 1. The van der Waals surface area contributed by atoms with Crippen molar-refractivity contribution >= 4 is 16.9 Å².